The predicted molar refractivity (Wildman–Crippen MR) is 106 cm³/mol. The van der Waals surface area contributed by atoms with Crippen molar-refractivity contribution in [1.29, 1.82) is 0 Å². The zero-order chi connectivity index (χ0) is 19.1. The molecule has 0 N–H and O–H groups in total. The van der Waals surface area contributed by atoms with E-state index in [-0.39, 0.29) is 11.3 Å². The number of carbonyl (C=O) groups excluding carboxylic acids is 1. The van der Waals surface area contributed by atoms with Gasteiger partial charge < -0.3 is 19.4 Å². The van der Waals surface area contributed by atoms with E-state index in [1.54, 1.807) is 12.1 Å². The Morgan fingerprint density at radius 2 is 1.93 bits per heavy atom. The van der Waals surface area contributed by atoms with Gasteiger partial charge in [0.25, 0.3) is 0 Å². The number of pyridine rings is 1. The highest BCUT2D eigenvalue weighted by atomic mass is 16.5. The fourth-order valence-electron chi connectivity index (χ4n) is 3.29. The maximum absolute atomic E-state index is 13.0. The molecule has 5 rings (SSSR count). The van der Waals surface area contributed by atoms with Crippen molar-refractivity contribution in [2.24, 2.45) is 5.92 Å². The third kappa shape index (κ3) is 2.88. The van der Waals surface area contributed by atoms with Crippen LogP contribution in [0.15, 0.2) is 65.3 Å². The summed E-state index contributed by atoms with van der Waals surface area (Å²) in [5.41, 5.74) is 1.66. The number of para-hydroxylation sites is 1. The molecule has 0 atom stereocenters. The smallest absolute Gasteiger partial charge is 0.248 e. The lowest BCUT2D eigenvalue weighted by molar-refractivity contribution is 0.0999. The zero-order valence-corrected chi connectivity index (χ0v) is 15.0. The molecule has 1 aliphatic rings. The summed E-state index contributed by atoms with van der Waals surface area (Å²) in [6.45, 7) is 0.629. The number of hydrogen-bond donors (Lipinski definition) is 0. The van der Waals surface area contributed by atoms with Crippen LogP contribution in [0.3, 0.4) is 0 Å². The van der Waals surface area contributed by atoms with E-state index < -0.39 is 5.91 Å². The molecule has 4 aromatic rings. The second kappa shape index (κ2) is 6.65. The summed E-state index contributed by atoms with van der Waals surface area (Å²) in [6, 6.07) is 13.8. The van der Waals surface area contributed by atoms with Gasteiger partial charge in [0.2, 0.25) is 5.91 Å². The third-order valence-corrected chi connectivity index (χ3v) is 4.97. The van der Waals surface area contributed by atoms with Crippen molar-refractivity contribution in [3.05, 3.63) is 71.7 Å². The van der Waals surface area contributed by atoms with E-state index in [1.165, 1.54) is 37.4 Å². The van der Waals surface area contributed by atoms with E-state index in [0.717, 1.165) is 5.39 Å². The van der Waals surface area contributed by atoms with Gasteiger partial charge in [0.05, 0.1) is 12.2 Å². The predicted octanol–water partition coefficient (Wildman–Crippen LogP) is 4.91. The number of ether oxygens (including phenoxy) is 1. The average Bonchev–Trinajstić information content (AvgIpc) is 3.49. The monoisotopic (exact) mass is 373 g/mol. The van der Waals surface area contributed by atoms with Crippen molar-refractivity contribution < 1.29 is 13.9 Å². The minimum Gasteiger partial charge on any atom is -0.751 e. The number of amides is 1. The number of furan rings is 1. The van der Waals surface area contributed by atoms with Crippen LogP contribution in [0.5, 0.6) is 5.75 Å². The van der Waals surface area contributed by atoms with Crippen LogP contribution in [0.1, 0.15) is 23.2 Å². The van der Waals surface area contributed by atoms with Crippen LogP contribution in [0.25, 0.3) is 21.9 Å². The van der Waals surface area contributed by atoms with Gasteiger partial charge in [-0.15, -0.1) is 0 Å². The summed E-state index contributed by atoms with van der Waals surface area (Å²) < 4.78 is 12.0. The standard InChI is InChI=1S/C22H17N2O4/c25-22(24(26)15-9-11-23-12-10-15)17-7-8-19(27-13-14-5-6-14)21-20(17)16-3-1-2-4-18(16)28-21/h1-4,7-12,14H,5-6,13H2/q-1. The molecule has 6 heteroatoms. The zero-order valence-electron chi connectivity index (χ0n) is 15.0. The number of hydrogen-bond acceptors (Lipinski definition) is 5. The molecule has 1 amide bonds. The van der Waals surface area contributed by atoms with Crippen molar-refractivity contribution in [1.82, 2.24) is 4.98 Å². The molecule has 2 aromatic carbocycles. The van der Waals surface area contributed by atoms with Crippen LogP contribution < -0.4 is 9.80 Å². The van der Waals surface area contributed by atoms with Gasteiger partial charge in [-0.3, -0.25) is 9.78 Å². The van der Waals surface area contributed by atoms with E-state index in [0.29, 0.717) is 39.9 Å². The molecule has 0 aliphatic heterocycles. The largest absolute Gasteiger partial charge is 0.751 e. The summed E-state index contributed by atoms with van der Waals surface area (Å²) in [5.74, 6) is 0.525. The first-order valence-electron chi connectivity index (χ1n) is 9.21. The van der Waals surface area contributed by atoms with Gasteiger partial charge in [-0.05, 0) is 49.1 Å². The second-order valence-corrected chi connectivity index (χ2v) is 6.97. The first-order valence-corrected chi connectivity index (χ1v) is 9.21. The Bertz CT molecular complexity index is 1170. The van der Waals surface area contributed by atoms with Gasteiger partial charge in [-0.25, -0.2) is 0 Å². The first kappa shape index (κ1) is 16.8. The molecule has 0 bridgehead atoms. The van der Waals surface area contributed by atoms with Gasteiger partial charge >= 0.3 is 0 Å². The number of anilines is 1. The molecule has 0 spiro atoms. The molecule has 1 fully saturated rings. The van der Waals surface area contributed by atoms with Crippen LogP contribution in [-0.2, 0) is 0 Å². The number of carbonyl (C=O) groups is 1. The SMILES string of the molecule is O=C(c1ccc(OCC2CC2)c2oc3ccccc3c12)N([O-])c1ccncc1. The minimum atomic E-state index is -0.656. The highest BCUT2D eigenvalue weighted by Gasteiger charge is 2.24. The summed E-state index contributed by atoms with van der Waals surface area (Å²) in [4.78, 5) is 16.9. The number of benzene rings is 2. The van der Waals surface area contributed by atoms with E-state index in [9.17, 15) is 10.0 Å². The van der Waals surface area contributed by atoms with Crippen molar-refractivity contribution in [3.8, 4) is 5.75 Å². The Hall–Kier alpha value is -3.38. The quantitative estimate of drug-likeness (QED) is 0.464. The Balaban J connectivity index is 1.64. The Morgan fingerprint density at radius 3 is 2.71 bits per heavy atom. The average molecular weight is 373 g/mol. The number of rotatable bonds is 5. The van der Waals surface area contributed by atoms with Crippen molar-refractivity contribution in [2.45, 2.75) is 12.8 Å². The lowest BCUT2D eigenvalue weighted by Crippen LogP contribution is -2.24. The molecule has 0 saturated heterocycles. The number of fused-ring (bicyclic) bond motifs is 3. The van der Waals surface area contributed by atoms with Crippen molar-refractivity contribution >= 4 is 33.5 Å². The van der Waals surface area contributed by atoms with Crippen molar-refractivity contribution in [3.63, 3.8) is 0 Å². The lowest BCUT2D eigenvalue weighted by atomic mass is 10.0. The lowest BCUT2D eigenvalue weighted by Gasteiger charge is -2.28. The van der Waals surface area contributed by atoms with Crippen LogP contribution in [0.2, 0.25) is 0 Å². The second-order valence-electron chi connectivity index (χ2n) is 6.97. The molecule has 1 aliphatic carbocycles. The molecule has 0 unspecified atom stereocenters. The molecule has 0 radical (unpaired) electrons. The molecular formula is C22H17N2O4-. The Labute approximate surface area is 160 Å². The molecular weight excluding hydrogens is 356 g/mol. The Morgan fingerprint density at radius 1 is 1.14 bits per heavy atom. The van der Waals surface area contributed by atoms with Gasteiger partial charge in [0.1, 0.15) is 5.58 Å². The Kier molecular flexibility index (Phi) is 3.98. The fraction of sp³-hybridized carbons (Fsp3) is 0.182. The van der Waals surface area contributed by atoms with E-state index in [1.807, 2.05) is 24.3 Å². The molecule has 28 heavy (non-hydrogen) atoms. The number of hydroxylamine groups is 1. The van der Waals surface area contributed by atoms with Gasteiger partial charge in [0, 0.05) is 28.9 Å². The molecule has 6 nitrogen and oxygen atoms in total. The number of aromatic nitrogens is 1. The topological polar surface area (TPSA) is 78.6 Å². The molecule has 2 heterocycles. The molecule has 2 aromatic heterocycles. The summed E-state index contributed by atoms with van der Waals surface area (Å²) >= 11 is 0. The fourth-order valence-corrected chi connectivity index (χ4v) is 3.29. The van der Waals surface area contributed by atoms with E-state index in [2.05, 4.69) is 4.98 Å². The summed E-state index contributed by atoms with van der Waals surface area (Å²) in [7, 11) is 0. The van der Waals surface area contributed by atoms with E-state index in [4.69, 9.17) is 9.15 Å². The maximum Gasteiger partial charge on any atom is 0.248 e. The van der Waals surface area contributed by atoms with Crippen LogP contribution in [0.4, 0.5) is 5.69 Å². The van der Waals surface area contributed by atoms with Gasteiger partial charge in [0.15, 0.2) is 11.3 Å². The summed E-state index contributed by atoms with van der Waals surface area (Å²) in [6.07, 6.45) is 5.31. The normalized spacial score (nSPS) is 13.8. The highest BCUT2D eigenvalue weighted by Crippen LogP contribution is 2.39. The minimum absolute atomic E-state index is 0.231. The first-order chi connectivity index (χ1) is 13.7. The van der Waals surface area contributed by atoms with Gasteiger partial charge in [-0.1, -0.05) is 18.2 Å². The molecule has 1 saturated carbocycles. The number of nitrogens with zero attached hydrogens (tertiary/aromatic N) is 2. The third-order valence-electron chi connectivity index (χ3n) is 4.97. The molecule has 140 valence electrons. The van der Waals surface area contributed by atoms with Crippen LogP contribution in [0, 0.1) is 11.1 Å². The van der Waals surface area contributed by atoms with Crippen molar-refractivity contribution in [2.75, 3.05) is 11.7 Å². The van der Waals surface area contributed by atoms with Crippen LogP contribution >= 0.6 is 0 Å². The van der Waals surface area contributed by atoms with Crippen LogP contribution in [-0.4, -0.2) is 17.5 Å². The maximum atomic E-state index is 13.0. The highest BCUT2D eigenvalue weighted by molar-refractivity contribution is 6.21. The van der Waals surface area contributed by atoms with Gasteiger partial charge in [-0.2, -0.15) is 0 Å². The van der Waals surface area contributed by atoms with E-state index >= 15 is 0 Å². The summed E-state index contributed by atoms with van der Waals surface area (Å²) in [5, 5.41) is 14.4.